The Hall–Kier alpha value is -2.00. The number of ether oxygens (including phenoxy) is 2. The molecule has 0 saturated carbocycles. The summed E-state index contributed by atoms with van der Waals surface area (Å²) >= 11 is 0. The SMILES string of the molecule is CN(C)[C@@H]1C[C@@H](c2ccc3c(c2)OCCO3)c2ccccc21. The topological polar surface area (TPSA) is 21.7 Å². The molecule has 2 aliphatic rings. The summed E-state index contributed by atoms with van der Waals surface area (Å²) in [5.41, 5.74) is 4.21. The highest BCUT2D eigenvalue weighted by Crippen LogP contribution is 2.47. The monoisotopic (exact) mass is 295 g/mol. The average molecular weight is 295 g/mol. The van der Waals surface area contributed by atoms with Gasteiger partial charge in [0.15, 0.2) is 11.5 Å². The fraction of sp³-hybridized carbons (Fsp3) is 0.368. The maximum absolute atomic E-state index is 5.75. The van der Waals surface area contributed by atoms with E-state index in [0.717, 1.165) is 17.9 Å². The molecule has 1 aliphatic carbocycles. The largest absolute Gasteiger partial charge is 0.486 e. The Kier molecular flexibility index (Phi) is 3.30. The van der Waals surface area contributed by atoms with Gasteiger partial charge in [-0.1, -0.05) is 30.3 Å². The molecule has 0 unspecified atom stereocenters. The lowest BCUT2D eigenvalue weighted by molar-refractivity contribution is 0.171. The summed E-state index contributed by atoms with van der Waals surface area (Å²) in [4.78, 5) is 2.32. The lowest BCUT2D eigenvalue weighted by Crippen LogP contribution is -2.17. The van der Waals surface area contributed by atoms with Gasteiger partial charge in [-0.3, -0.25) is 0 Å². The highest BCUT2D eigenvalue weighted by Gasteiger charge is 2.33. The minimum Gasteiger partial charge on any atom is -0.486 e. The normalized spacial score (nSPS) is 22.7. The molecule has 0 saturated heterocycles. The molecular weight excluding hydrogens is 274 g/mol. The zero-order chi connectivity index (χ0) is 15.1. The first-order valence-electron chi connectivity index (χ1n) is 7.89. The van der Waals surface area contributed by atoms with Gasteiger partial charge in [-0.25, -0.2) is 0 Å². The number of hydrogen-bond donors (Lipinski definition) is 0. The first kappa shape index (κ1) is 13.6. The molecule has 3 nitrogen and oxygen atoms in total. The van der Waals surface area contributed by atoms with E-state index >= 15 is 0 Å². The molecule has 1 aliphatic heterocycles. The number of hydrogen-bond acceptors (Lipinski definition) is 3. The first-order chi connectivity index (χ1) is 10.7. The molecule has 0 fully saturated rings. The Morgan fingerprint density at radius 1 is 0.909 bits per heavy atom. The van der Waals surface area contributed by atoms with Crippen LogP contribution in [-0.4, -0.2) is 32.2 Å². The van der Waals surface area contributed by atoms with Crippen molar-refractivity contribution in [3.63, 3.8) is 0 Å². The van der Waals surface area contributed by atoms with Gasteiger partial charge in [0.1, 0.15) is 13.2 Å². The van der Waals surface area contributed by atoms with Gasteiger partial charge in [0.2, 0.25) is 0 Å². The van der Waals surface area contributed by atoms with Crippen LogP contribution in [0.5, 0.6) is 11.5 Å². The van der Waals surface area contributed by atoms with Crippen LogP contribution in [0.2, 0.25) is 0 Å². The van der Waals surface area contributed by atoms with Crippen molar-refractivity contribution in [2.24, 2.45) is 0 Å². The van der Waals surface area contributed by atoms with Crippen molar-refractivity contribution in [3.8, 4) is 11.5 Å². The van der Waals surface area contributed by atoms with Gasteiger partial charge < -0.3 is 14.4 Å². The molecule has 4 rings (SSSR count). The van der Waals surface area contributed by atoms with Crippen molar-refractivity contribution in [2.45, 2.75) is 18.4 Å². The molecule has 0 radical (unpaired) electrons. The summed E-state index contributed by atoms with van der Waals surface area (Å²) in [6.45, 7) is 1.28. The fourth-order valence-corrected chi connectivity index (χ4v) is 3.69. The standard InChI is InChI=1S/C19H21NO2/c1-20(2)17-12-16(14-5-3-4-6-15(14)17)13-7-8-18-19(11-13)22-10-9-21-18/h3-8,11,16-17H,9-10,12H2,1-2H3/t16-,17+/m0/s1. The quantitative estimate of drug-likeness (QED) is 0.845. The van der Waals surface area contributed by atoms with Gasteiger partial charge in [-0.2, -0.15) is 0 Å². The first-order valence-corrected chi connectivity index (χ1v) is 7.89. The second-order valence-corrected chi connectivity index (χ2v) is 6.30. The molecule has 0 aromatic heterocycles. The van der Waals surface area contributed by atoms with Crippen molar-refractivity contribution in [3.05, 3.63) is 59.2 Å². The highest BCUT2D eigenvalue weighted by molar-refractivity contribution is 5.50. The van der Waals surface area contributed by atoms with E-state index in [0.29, 0.717) is 25.2 Å². The predicted octanol–water partition coefficient (Wildman–Crippen LogP) is 3.60. The Labute approximate surface area is 131 Å². The van der Waals surface area contributed by atoms with Crippen LogP contribution in [0.3, 0.4) is 0 Å². The number of benzene rings is 2. The van der Waals surface area contributed by atoms with Crippen LogP contribution < -0.4 is 9.47 Å². The molecule has 0 spiro atoms. The van der Waals surface area contributed by atoms with Gasteiger partial charge in [-0.05, 0) is 49.3 Å². The zero-order valence-corrected chi connectivity index (χ0v) is 13.1. The van der Waals surface area contributed by atoms with E-state index in [4.69, 9.17) is 9.47 Å². The molecule has 0 amide bonds. The van der Waals surface area contributed by atoms with E-state index < -0.39 is 0 Å². The molecule has 22 heavy (non-hydrogen) atoms. The Balaban J connectivity index is 1.74. The summed E-state index contributed by atoms with van der Waals surface area (Å²) in [5.74, 6) is 2.18. The van der Waals surface area contributed by atoms with Crippen LogP contribution in [-0.2, 0) is 0 Å². The van der Waals surface area contributed by atoms with Crippen LogP contribution in [0.25, 0.3) is 0 Å². The number of fused-ring (bicyclic) bond motifs is 2. The zero-order valence-electron chi connectivity index (χ0n) is 13.1. The van der Waals surface area contributed by atoms with Crippen molar-refractivity contribution in [1.82, 2.24) is 4.90 Å². The van der Waals surface area contributed by atoms with Gasteiger partial charge in [-0.15, -0.1) is 0 Å². The lowest BCUT2D eigenvalue weighted by atomic mass is 9.92. The molecule has 0 bridgehead atoms. The Bertz CT molecular complexity index is 696. The van der Waals surface area contributed by atoms with Crippen molar-refractivity contribution >= 4 is 0 Å². The van der Waals surface area contributed by atoms with Gasteiger partial charge in [0.05, 0.1) is 0 Å². The van der Waals surface area contributed by atoms with Gasteiger partial charge in [0.25, 0.3) is 0 Å². The van der Waals surface area contributed by atoms with Gasteiger partial charge in [0, 0.05) is 12.0 Å². The Morgan fingerprint density at radius 2 is 1.64 bits per heavy atom. The summed E-state index contributed by atoms with van der Waals surface area (Å²) < 4.78 is 11.4. The lowest BCUT2D eigenvalue weighted by Gasteiger charge is -2.22. The molecule has 114 valence electrons. The molecule has 2 aromatic carbocycles. The van der Waals surface area contributed by atoms with E-state index in [2.05, 4.69) is 61.5 Å². The van der Waals surface area contributed by atoms with E-state index in [1.165, 1.54) is 16.7 Å². The maximum Gasteiger partial charge on any atom is 0.161 e. The second kappa shape index (κ2) is 5.33. The third-order valence-corrected chi connectivity index (χ3v) is 4.78. The van der Waals surface area contributed by atoms with Crippen LogP contribution >= 0.6 is 0 Å². The minimum absolute atomic E-state index is 0.430. The minimum atomic E-state index is 0.430. The third kappa shape index (κ3) is 2.17. The molecule has 2 atom stereocenters. The second-order valence-electron chi connectivity index (χ2n) is 6.30. The molecule has 3 heteroatoms. The highest BCUT2D eigenvalue weighted by atomic mass is 16.6. The smallest absolute Gasteiger partial charge is 0.161 e. The van der Waals surface area contributed by atoms with Crippen LogP contribution in [0.4, 0.5) is 0 Å². The van der Waals surface area contributed by atoms with E-state index in [9.17, 15) is 0 Å². The molecule has 2 aromatic rings. The van der Waals surface area contributed by atoms with Crippen LogP contribution in [0.1, 0.15) is 35.1 Å². The number of rotatable bonds is 2. The van der Waals surface area contributed by atoms with Crippen LogP contribution in [0.15, 0.2) is 42.5 Å². The van der Waals surface area contributed by atoms with Crippen LogP contribution in [0, 0.1) is 0 Å². The molecular formula is C19H21NO2. The summed E-state index contributed by atoms with van der Waals surface area (Å²) in [7, 11) is 4.32. The van der Waals surface area contributed by atoms with Crippen molar-refractivity contribution in [2.75, 3.05) is 27.3 Å². The van der Waals surface area contributed by atoms with Crippen molar-refractivity contribution < 1.29 is 9.47 Å². The summed E-state index contributed by atoms with van der Waals surface area (Å²) in [6.07, 6.45) is 1.12. The molecule has 0 N–H and O–H groups in total. The fourth-order valence-electron chi connectivity index (χ4n) is 3.69. The summed E-state index contributed by atoms with van der Waals surface area (Å²) in [5, 5.41) is 0. The third-order valence-electron chi connectivity index (χ3n) is 4.78. The van der Waals surface area contributed by atoms with Crippen molar-refractivity contribution in [1.29, 1.82) is 0 Å². The Morgan fingerprint density at radius 3 is 2.41 bits per heavy atom. The molecule has 1 heterocycles. The van der Waals surface area contributed by atoms with Gasteiger partial charge >= 0.3 is 0 Å². The van der Waals surface area contributed by atoms with E-state index in [-0.39, 0.29) is 0 Å². The number of nitrogens with zero attached hydrogens (tertiary/aromatic N) is 1. The maximum atomic E-state index is 5.75. The average Bonchev–Trinajstić information content (AvgIpc) is 2.94. The predicted molar refractivity (Wildman–Crippen MR) is 86.8 cm³/mol. The van der Waals surface area contributed by atoms with E-state index in [1.54, 1.807) is 0 Å². The summed E-state index contributed by atoms with van der Waals surface area (Å²) in [6, 6.07) is 15.7. The van der Waals surface area contributed by atoms with E-state index in [1.807, 2.05) is 0 Å².